The molecule has 0 amide bonds. The van der Waals surface area contributed by atoms with E-state index in [0.717, 1.165) is 0 Å². The summed E-state index contributed by atoms with van der Waals surface area (Å²) in [7, 11) is 0. The second kappa shape index (κ2) is 3.31. The second-order valence-corrected chi connectivity index (χ2v) is 6.46. The molecule has 2 heteroatoms. The molecule has 4 rings (SSSR count). The molecule has 82 valence electrons. The Kier molecular flexibility index (Phi) is 1.88. The fraction of sp³-hybridized carbons (Fsp3) is 0.0667. The van der Waals surface area contributed by atoms with Crippen molar-refractivity contribution in [2.75, 3.05) is 0 Å². The maximum atomic E-state index is 2.31. The fourth-order valence-corrected chi connectivity index (χ4v) is 4.95. The van der Waals surface area contributed by atoms with Crippen molar-refractivity contribution in [1.29, 1.82) is 0 Å². The van der Waals surface area contributed by atoms with Crippen molar-refractivity contribution in [3.05, 3.63) is 48.0 Å². The first kappa shape index (κ1) is 9.63. The molecule has 0 atom stereocenters. The Morgan fingerprint density at radius 1 is 0.765 bits per heavy atom. The summed E-state index contributed by atoms with van der Waals surface area (Å²) in [5.74, 6) is 0. The quantitative estimate of drug-likeness (QED) is 0.384. The van der Waals surface area contributed by atoms with Crippen LogP contribution in [0.15, 0.2) is 42.5 Å². The molecule has 0 aliphatic heterocycles. The van der Waals surface area contributed by atoms with E-state index in [-0.39, 0.29) is 0 Å². The fourth-order valence-electron chi connectivity index (χ4n) is 2.32. The zero-order chi connectivity index (χ0) is 11.4. The minimum atomic E-state index is 1.34. The molecule has 17 heavy (non-hydrogen) atoms. The Balaban J connectivity index is 2.30. The van der Waals surface area contributed by atoms with E-state index in [9.17, 15) is 0 Å². The predicted octanol–water partition coefficient (Wildman–Crippen LogP) is 5.58. The van der Waals surface area contributed by atoms with Gasteiger partial charge >= 0.3 is 0 Å². The third-order valence-electron chi connectivity index (χ3n) is 3.14. The van der Waals surface area contributed by atoms with Crippen LogP contribution in [0.2, 0.25) is 0 Å². The molecule has 0 radical (unpaired) electrons. The van der Waals surface area contributed by atoms with Gasteiger partial charge in [0.1, 0.15) is 0 Å². The molecule has 2 aromatic carbocycles. The van der Waals surface area contributed by atoms with Crippen molar-refractivity contribution < 1.29 is 0 Å². The lowest BCUT2D eigenvalue weighted by molar-refractivity contribution is 1.52. The van der Waals surface area contributed by atoms with E-state index < -0.39 is 0 Å². The van der Waals surface area contributed by atoms with Crippen LogP contribution in [-0.2, 0) is 0 Å². The van der Waals surface area contributed by atoms with E-state index in [4.69, 9.17) is 0 Å². The highest BCUT2D eigenvalue weighted by Gasteiger charge is 2.11. The standard InChI is InChI=1S/C15H10S2/c1-9-6-7-13-11(8-9)15-14(17-13)10-4-2-3-5-12(10)16-15/h2-8H,1H3. The van der Waals surface area contributed by atoms with Crippen molar-refractivity contribution in [1.82, 2.24) is 0 Å². The first-order valence-electron chi connectivity index (χ1n) is 5.63. The molecule has 0 nitrogen and oxygen atoms in total. The number of hydrogen-bond donors (Lipinski definition) is 0. The summed E-state index contributed by atoms with van der Waals surface area (Å²) in [4.78, 5) is 0. The molecule has 4 aromatic rings. The zero-order valence-electron chi connectivity index (χ0n) is 9.36. The van der Waals surface area contributed by atoms with Crippen molar-refractivity contribution in [3.63, 3.8) is 0 Å². The third kappa shape index (κ3) is 1.28. The highest BCUT2D eigenvalue weighted by molar-refractivity contribution is 7.36. The van der Waals surface area contributed by atoms with E-state index in [1.807, 2.05) is 22.7 Å². The van der Waals surface area contributed by atoms with Gasteiger partial charge in [0.25, 0.3) is 0 Å². The van der Waals surface area contributed by atoms with E-state index in [1.165, 1.54) is 35.1 Å². The molecule has 0 N–H and O–H groups in total. The van der Waals surface area contributed by atoms with Crippen LogP contribution in [0, 0.1) is 6.92 Å². The number of aryl methyl sites for hydroxylation is 1. The Morgan fingerprint density at radius 3 is 2.35 bits per heavy atom. The summed E-state index contributed by atoms with van der Waals surface area (Å²) >= 11 is 3.83. The molecule has 2 aromatic heterocycles. The van der Waals surface area contributed by atoms with Gasteiger partial charge in [-0.3, -0.25) is 0 Å². The minimum Gasteiger partial charge on any atom is -0.134 e. The Hall–Kier alpha value is -1.38. The van der Waals surface area contributed by atoms with Gasteiger partial charge in [0.05, 0.1) is 9.40 Å². The van der Waals surface area contributed by atoms with Gasteiger partial charge in [-0.05, 0) is 25.1 Å². The van der Waals surface area contributed by atoms with E-state index in [0.29, 0.717) is 0 Å². The highest BCUT2D eigenvalue weighted by atomic mass is 32.1. The summed E-state index contributed by atoms with van der Waals surface area (Å²) in [5, 5.41) is 2.83. The Bertz CT molecular complexity index is 849. The van der Waals surface area contributed by atoms with Gasteiger partial charge in [0.15, 0.2) is 0 Å². The number of rotatable bonds is 0. The SMILES string of the molecule is Cc1ccc2sc3c4ccccc4sc3c2c1. The van der Waals surface area contributed by atoms with Gasteiger partial charge in [0.2, 0.25) is 0 Å². The summed E-state index contributed by atoms with van der Waals surface area (Å²) < 4.78 is 5.71. The Labute approximate surface area is 107 Å². The number of hydrogen-bond acceptors (Lipinski definition) is 2. The molecule has 0 saturated heterocycles. The van der Waals surface area contributed by atoms with Gasteiger partial charge in [-0.15, -0.1) is 22.7 Å². The van der Waals surface area contributed by atoms with E-state index in [2.05, 4.69) is 49.4 Å². The zero-order valence-corrected chi connectivity index (χ0v) is 11.0. The first-order valence-corrected chi connectivity index (χ1v) is 7.26. The summed E-state index contributed by atoms with van der Waals surface area (Å²) in [6.45, 7) is 2.16. The Morgan fingerprint density at radius 2 is 1.47 bits per heavy atom. The van der Waals surface area contributed by atoms with Gasteiger partial charge in [-0.25, -0.2) is 0 Å². The number of benzene rings is 2. The van der Waals surface area contributed by atoms with Crippen LogP contribution in [0.1, 0.15) is 5.56 Å². The van der Waals surface area contributed by atoms with E-state index in [1.54, 1.807) is 0 Å². The first-order chi connectivity index (χ1) is 8.33. The average Bonchev–Trinajstić information content (AvgIpc) is 2.85. The van der Waals surface area contributed by atoms with Crippen LogP contribution in [0.25, 0.3) is 29.6 Å². The molecule has 2 heterocycles. The van der Waals surface area contributed by atoms with Crippen LogP contribution < -0.4 is 0 Å². The maximum absolute atomic E-state index is 2.31. The summed E-state index contributed by atoms with van der Waals surface area (Å²) in [6.07, 6.45) is 0. The second-order valence-electron chi connectivity index (χ2n) is 4.36. The smallest absolute Gasteiger partial charge is 0.0542 e. The molecular weight excluding hydrogens is 244 g/mol. The van der Waals surface area contributed by atoms with Crippen LogP contribution in [-0.4, -0.2) is 0 Å². The molecular formula is C15H10S2. The monoisotopic (exact) mass is 254 g/mol. The van der Waals surface area contributed by atoms with Gasteiger partial charge in [-0.1, -0.05) is 29.8 Å². The van der Waals surface area contributed by atoms with E-state index >= 15 is 0 Å². The van der Waals surface area contributed by atoms with Crippen molar-refractivity contribution in [2.45, 2.75) is 6.92 Å². The minimum absolute atomic E-state index is 1.34. The van der Waals surface area contributed by atoms with Crippen LogP contribution in [0.5, 0.6) is 0 Å². The van der Waals surface area contributed by atoms with Gasteiger partial charge in [0, 0.05) is 20.2 Å². The van der Waals surface area contributed by atoms with Crippen molar-refractivity contribution >= 4 is 52.2 Å². The third-order valence-corrected chi connectivity index (χ3v) is 5.68. The van der Waals surface area contributed by atoms with Crippen molar-refractivity contribution in [2.24, 2.45) is 0 Å². The molecule has 0 saturated carbocycles. The lowest BCUT2D eigenvalue weighted by Crippen LogP contribution is -1.67. The van der Waals surface area contributed by atoms with Crippen molar-refractivity contribution in [3.8, 4) is 0 Å². The molecule has 0 aliphatic rings. The number of thiophene rings is 2. The normalized spacial score (nSPS) is 11.8. The van der Waals surface area contributed by atoms with Crippen LogP contribution in [0.3, 0.4) is 0 Å². The largest absolute Gasteiger partial charge is 0.134 e. The highest BCUT2D eigenvalue weighted by Crippen LogP contribution is 2.43. The summed E-state index contributed by atoms with van der Waals surface area (Å²) in [6, 6.07) is 15.5. The molecule has 0 unspecified atom stereocenters. The van der Waals surface area contributed by atoms with Crippen LogP contribution >= 0.6 is 22.7 Å². The van der Waals surface area contributed by atoms with Crippen LogP contribution in [0.4, 0.5) is 0 Å². The predicted molar refractivity (Wildman–Crippen MR) is 79.5 cm³/mol. The van der Waals surface area contributed by atoms with Gasteiger partial charge < -0.3 is 0 Å². The molecule has 0 fully saturated rings. The molecule has 0 aliphatic carbocycles. The number of fused-ring (bicyclic) bond motifs is 5. The lowest BCUT2D eigenvalue weighted by atomic mass is 10.2. The lowest BCUT2D eigenvalue weighted by Gasteiger charge is -1.92. The maximum Gasteiger partial charge on any atom is 0.0542 e. The topological polar surface area (TPSA) is 0 Å². The molecule has 0 bridgehead atoms. The summed E-state index contributed by atoms with van der Waals surface area (Å²) in [5.41, 5.74) is 1.34. The molecule has 0 spiro atoms. The average molecular weight is 254 g/mol. The van der Waals surface area contributed by atoms with Gasteiger partial charge in [-0.2, -0.15) is 0 Å².